The summed E-state index contributed by atoms with van der Waals surface area (Å²) in [5.41, 5.74) is 2.83. The Hall–Kier alpha value is -1.35. The number of hydrogen-bond acceptors (Lipinski definition) is 1. The minimum absolute atomic E-state index is 0.133. The van der Waals surface area contributed by atoms with Crippen LogP contribution in [0.1, 0.15) is 24.5 Å². The van der Waals surface area contributed by atoms with Gasteiger partial charge in [-0.2, -0.15) is 5.10 Å². The lowest BCUT2D eigenvalue weighted by molar-refractivity contribution is 0.628. The van der Waals surface area contributed by atoms with Crippen molar-refractivity contribution < 1.29 is 4.39 Å². The van der Waals surface area contributed by atoms with Crippen LogP contribution in [0.15, 0.2) is 24.3 Å². The van der Waals surface area contributed by atoms with Crippen LogP contribution >= 0.6 is 11.6 Å². The first kappa shape index (κ1) is 9.85. The predicted octanol–water partition coefficient (Wildman–Crippen LogP) is 3.75. The van der Waals surface area contributed by atoms with Gasteiger partial charge in [-0.3, -0.25) is 5.10 Å². The fourth-order valence-corrected chi connectivity index (χ4v) is 1.92. The Kier molecular flexibility index (Phi) is 2.21. The largest absolute Gasteiger partial charge is 0.282 e. The lowest BCUT2D eigenvalue weighted by Crippen LogP contribution is -1.81. The third-order valence-corrected chi connectivity index (χ3v) is 3.12. The molecule has 1 aliphatic rings. The van der Waals surface area contributed by atoms with E-state index >= 15 is 0 Å². The normalized spacial score (nSPS) is 15.4. The van der Waals surface area contributed by atoms with Crippen LogP contribution < -0.4 is 0 Å². The van der Waals surface area contributed by atoms with Gasteiger partial charge < -0.3 is 0 Å². The first-order valence-electron chi connectivity index (χ1n) is 5.25. The van der Waals surface area contributed by atoms with Crippen molar-refractivity contribution in [2.75, 3.05) is 0 Å². The Balaban J connectivity index is 1.97. The molecule has 1 saturated carbocycles. The minimum atomic E-state index is -0.400. The summed E-state index contributed by atoms with van der Waals surface area (Å²) in [6, 6.07) is 6.67. The summed E-state index contributed by atoms with van der Waals surface area (Å²) in [7, 11) is 0. The smallest absolute Gasteiger partial charge is 0.141 e. The summed E-state index contributed by atoms with van der Waals surface area (Å²) in [4.78, 5) is 0. The Morgan fingerprint density at radius 1 is 1.31 bits per heavy atom. The molecule has 0 aliphatic heterocycles. The highest BCUT2D eigenvalue weighted by molar-refractivity contribution is 6.31. The van der Waals surface area contributed by atoms with E-state index in [1.165, 1.54) is 18.9 Å². The first-order valence-corrected chi connectivity index (χ1v) is 5.62. The van der Waals surface area contributed by atoms with Crippen LogP contribution in [0.2, 0.25) is 5.02 Å². The second kappa shape index (κ2) is 3.59. The molecule has 0 saturated heterocycles. The van der Waals surface area contributed by atoms with Crippen molar-refractivity contribution in [3.63, 3.8) is 0 Å². The number of H-pyrrole nitrogens is 1. The lowest BCUT2D eigenvalue weighted by Gasteiger charge is -1.97. The molecule has 16 heavy (non-hydrogen) atoms. The molecule has 82 valence electrons. The Morgan fingerprint density at radius 3 is 2.81 bits per heavy atom. The van der Waals surface area contributed by atoms with Crippen LogP contribution in [-0.2, 0) is 0 Å². The second-order valence-corrected chi connectivity index (χ2v) is 4.52. The number of nitrogens with zero attached hydrogens (tertiary/aromatic N) is 1. The number of nitrogens with one attached hydrogen (secondary N) is 1. The monoisotopic (exact) mass is 236 g/mol. The quantitative estimate of drug-likeness (QED) is 0.845. The number of aromatic nitrogens is 2. The molecule has 3 rings (SSSR count). The fraction of sp³-hybridized carbons (Fsp3) is 0.250. The molecule has 2 nitrogen and oxygen atoms in total. The highest BCUT2D eigenvalue weighted by Gasteiger charge is 2.25. The van der Waals surface area contributed by atoms with E-state index < -0.39 is 5.82 Å². The molecular weight excluding hydrogens is 227 g/mol. The molecule has 1 aromatic carbocycles. The number of hydrogen-bond donors (Lipinski definition) is 1. The summed E-state index contributed by atoms with van der Waals surface area (Å²) in [6.07, 6.45) is 2.46. The Labute approximate surface area is 97.4 Å². The average Bonchev–Trinajstić information content (AvgIpc) is 3.01. The molecule has 0 atom stereocenters. The van der Waals surface area contributed by atoms with Gasteiger partial charge in [0.05, 0.1) is 10.7 Å². The molecular formula is C12H10ClFN2. The van der Waals surface area contributed by atoms with Crippen molar-refractivity contribution in [2.24, 2.45) is 0 Å². The van der Waals surface area contributed by atoms with Crippen molar-refractivity contribution >= 4 is 11.6 Å². The zero-order valence-corrected chi connectivity index (χ0v) is 9.26. The van der Waals surface area contributed by atoms with Crippen LogP contribution in [-0.4, -0.2) is 10.2 Å². The average molecular weight is 237 g/mol. The maximum Gasteiger partial charge on any atom is 0.141 e. The maximum absolute atomic E-state index is 13.0. The molecule has 1 aliphatic carbocycles. The summed E-state index contributed by atoms with van der Waals surface area (Å²) in [5.74, 6) is 0.237. The van der Waals surface area contributed by atoms with E-state index in [0.29, 0.717) is 5.92 Å². The highest BCUT2D eigenvalue weighted by atomic mass is 35.5. The number of aromatic amines is 1. The van der Waals surface area contributed by atoms with E-state index in [4.69, 9.17) is 11.6 Å². The van der Waals surface area contributed by atoms with Gasteiger partial charge >= 0.3 is 0 Å². The second-order valence-electron chi connectivity index (χ2n) is 4.11. The van der Waals surface area contributed by atoms with Gasteiger partial charge in [0.25, 0.3) is 0 Å². The van der Waals surface area contributed by atoms with Gasteiger partial charge in [-0.25, -0.2) is 4.39 Å². The molecule has 1 heterocycles. The van der Waals surface area contributed by atoms with E-state index in [0.717, 1.165) is 17.0 Å². The standard InChI is InChI=1S/C12H10ClFN2/c13-9-5-8(3-4-10(9)14)12-6-11(15-16-12)7-1-2-7/h3-7H,1-2H2,(H,15,16). The van der Waals surface area contributed by atoms with E-state index in [1.807, 2.05) is 6.07 Å². The van der Waals surface area contributed by atoms with Gasteiger partial charge in [0, 0.05) is 17.2 Å². The maximum atomic E-state index is 13.0. The molecule has 1 N–H and O–H groups in total. The number of benzene rings is 1. The van der Waals surface area contributed by atoms with E-state index in [9.17, 15) is 4.39 Å². The van der Waals surface area contributed by atoms with Crippen molar-refractivity contribution in [1.29, 1.82) is 0 Å². The van der Waals surface area contributed by atoms with E-state index in [2.05, 4.69) is 10.2 Å². The van der Waals surface area contributed by atoms with Gasteiger partial charge in [0.1, 0.15) is 5.82 Å². The van der Waals surface area contributed by atoms with Gasteiger partial charge in [-0.15, -0.1) is 0 Å². The van der Waals surface area contributed by atoms with Crippen molar-refractivity contribution in [1.82, 2.24) is 10.2 Å². The van der Waals surface area contributed by atoms with Gasteiger partial charge in [-0.05, 0) is 37.1 Å². The highest BCUT2D eigenvalue weighted by Crippen LogP contribution is 2.40. The Morgan fingerprint density at radius 2 is 2.12 bits per heavy atom. The third kappa shape index (κ3) is 1.71. The van der Waals surface area contributed by atoms with Crippen molar-refractivity contribution in [2.45, 2.75) is 18.8 Å². The molecule has 0 unspecified atom stereocenters. The third-order valence-electron chi connectivity index (χ3n) is 2.83. The molecule has 4 heteroatoms. The van der Waals surface area contributed by atoms with Crippen LogP contribution in [0, 0.1) is 5.82 Å². The topological polar surface area (TPSA) is 28.7 Å². The zero-order chi connectivity index (χ0) is 11.1. The molecule has 1 aromatic heterocycles. The molecule has 2 aromatic rings. The van der Waals surface area contributed by atoms with Crippen LogP contribution in [0.5, 0.6) is 0 Å². The molecule has 1 fully saturated rings. The zero-order valence-electron chi connectivity index (χ0n) is 8.50. The molecule has 0 radical (unpaired) electrons. The van der Waals surface area contributed by atoms with Gasteiger partial charge in [-0.1, -0.05) is 11.6 Å². The number of halogens is 2. The summed E-state index contributed by atoms with van der Waals surface area (Å²) in [6.45, 7) is 0. The first-order chi connectivity index (χ1) is 7.74. The van der Waals surface area contributed by atoms with Crippen LogP contribution in [0.3, 0.4) is 0 Å². The minimum Gasteiger partial charge on any atom is -0.282 e. The SMILES string of the molecule is Fc1ccc(-c2cc(C3CC3)[nH]n2)cc1Cl. The predicted molar refractivity (Wildman–Crippen MR) is 61.0 cm³/mol. The van der Waals surface area contributed by atoms with Gasteiger partial charge in [0.15, 0.2) is 0 Å². The van der Waals surface area contributed by atoms with Crippen LogP contribution in [0.25, 0.3) is 11.3 Å². The lowest BCUT2D eigenvalue weighted by atomic mass is 10.1. The summed E-state index contributed by atoms with van der Waals surface area (Å²) >= 11 is 5.73. The summed E-state index contributed by atoms with van der Waals surface area (Å²) in [5, 5.41) is 7.36. The summed E-state index contributed by atoms with van der Waals surface area (Å²) < 4.78 is 13.0. The fourth-order valence-electron chi connectivity index (χ4n) is 1.74. The number of rotatable bonds is 2. The molecule has 0 bridgehead atoms. The van der Waals surface area contributed by atoms with Crippen molar-refractivity contribution in [3.05, 3.63) is 40.8 Å². The molecule has 0 amide bonds. The van der Waals surface area contributed by atoms with E-state index in [-0.39, 0.29) is 5.02 Å². The van der Waals surface area contributed by atoms with Crippen molar-refractivity contribution in [3.8, 4) is 11.3 Å². The van der Waals surface area contributed by atoms with Gasteiger partial charge in [0.2, 0.25) is 0 Å². The molecule has 0 spiro atoms. The van der Waals surface area contributed by atoms with Crippen LogP contribution in [0.4, 0.5) is 4.39 Å². The van der Waals surface area contributed by atoms with E-state index in [1.54, 1.807) is 12.1 Å². The Bertz CT molecular complexity index is 532.